The zero-order valence-corrected chi connectivity index (χ0v) is 27.1. The molecular formula is C33H31BrFN7O3. The Balaban J connectivity index is 1.21. The number of nitrogens with zero attached hydrogens (tertiary/aromatic N) is 6. The lowest BCUT2D eigenvalue weighted by atomic mass is 10.0. The number of amides is 2. The first-order valence-corrected chi connectivity index (χ1v) is 15.5. The van der Waals surface area contributed by atoms with Crippen LogP contribution in [0.5, 0.6) is 0 Å². The van der Waals surface area contributed by atoms with E-state index < -0.39 is 11.9 Å². The summed E-state index contributed by atoms with van der Waals surface area (Å²) in [6, 6.07) is 6.44. The van der Waals surface area contributed by atoms with Gasteiger partial charge in [0.05, 0.1) is 11.2 Å². The SMILES string of the molecule is CC(=O)c1cn(CC(=O)N2[C@H](C(=O)Nc3nc(Br)c(F)cc3C)C[C@@]3(C)C[C@@H]23)c2c(C)cc(-c3cnc4cc(C)nn4c3)cc12. The molecule has 2 amide bonds. The number of anilines is 1. The fraction of sp³-hybridized carbons (Fsp3) is 0.333. The average molecular weight is 673 g/mol. The van der Waals surface area contributed by atoms with Crippen LogP contribution in [0.1, 0.15) is 53.9 Å². The van der Waals surface area contributed by atoms with E-state index in [0.29, 0.717) is 17.5 Å². The number of fused-ring (bicyclic) bond motifs is 3. The van der Waals surface area contributed by atoms with Crippen molar-refractivity contribution >= 4 is 55.9 Å². The number of Topliss-reactive ketones (excluding diaryl/α,β-unsaturated/α-hetero) is 1. The van der Waals surface area contributed by atoms with Crippen molar-refractivity contribution in [1.82, 2.24) is 29.0 Å². The first kappa shape index (κ1) is 29.3. The molecule has 230 valence electrons. The molecule has 5 aromatic rings. The minimum absolute atomic E-state index is 0.00477. The van der Waals surface area contributed by atoms with Crippen LogP contribution in [0, 0.1) is 32.0 Å². The van der Waals surface area contributed by atoms with E-state index in [2.05, 4.69) is 43.2 Å². The van der Waals surface area contributed by atoms with Gasteiger partial charge in [-0.1, -0.05) is 6.92 Å². The summed E-state index contributed by atoms with van der Waals surface area (Å²) in [5, 5.41) is 8.04. The number of piperidine rings is 1. The second-order valence-electron chi connectivity index (χ2n) is 12.7. The summed E-state index contributed by atoms with van der Waals surface area (Å²) in [5.41, 5.74) is 5.90. The van der Waals surface area contributed by atoms with Gasteiger partial charge < -0.3 is 14.8 Å². The van der Waals surface area contributed by atoms with Gasteiger partial charge in [-0.3, -0.25) is 14.4 Å². The van der Waals surface area contributed by atoms with Crippen molar-refractivity contribution in [3.8, 4) is 11.1 Å². The summed E-state index contributed by atoms with van der Waals surface area (Å²) in [6.45, 7) is 9.12. The van der Waals surface area contributed by atoms with E-state index in [1.165, 1.54) is 13.0 Å². The number of rotatable bonds is 6. The van der Waals surface area contributed by atoms with Crippen molar-refractivity contribution in [2.45, 2.75) is 66.1 Å². The van der Waals surface area contributed by atoms with Gasteiger partial charge in [-0.2, -0.15) is 5.10 Å². The molecule has 0 bridgehead atoms. The molecule has 45 heavy (non-hydrogen) atoms. The molecule has 0 unspecified atom stereocenters. The van der Waals surface area contributed by atoms with Gasteiger partial charge in [0, 0.05) is 47.2 Å². The molecule has 0 spiro atoms. The molecule has 12 heteroatoms. The fourth-order valence-corrected chi connectivity index (χ4v) is 7.14. The molecule has 7 rings (SSSR count). The Hall–Kier alpha value is -4.45. The highest BCUT2D eigenvalue weighted by atomic mass is 79.9. The number of hydrogen-bond acceptors (Lipinski definition) is 6. The van der Waals surface area contributed by atoms with Gasteiger partial charge in [-0.05, 0) is 96.8 Å². The summed E-state index contributed by atoms with van der Waals surface area (Å²) in [6.07, 6.45) is 6.79. The topological polar surface area (TPSA) is 114 Å². The first-order chi connectivity index (χ1) is 21.3. The van der Waals surface area contributed by atoms with E-state index in [1.807, 2.05) is 42.8 Å². The Bertz CT molecular complexity index is 2100. The molecule has 3 atom stereocenters. The van der Waals surface area contributed by atoms with Crippen LogP contribution in [0.25, 0.3) is 27.7 Å². The van der Waals surface area contributed by atoms with Gasteiger partial charge in [0.2, 0.25) is 11.8 Å². The smallest absolute Gasteiger partial charge is 0.248 e. The highest BCUT2D eigenvalue weighted by Gasteiger charge is 2.64. The van der Waals surface area contributed by atoms with Crippen LogP contribution in [-0.4, -0.2) is 58.7 Å². The van der Waals surface area contributed by atoms with E-state index in [0.717, 1.165) is 45.4 Å². The van der Waals surface area contributed by atoms with E-state index in [1.54, 1.807) is 28.7 Å². The van der Waals surface area contributed by atoms with Crippen LogP contribution in [-0.2, 0) is 16.1 Å². The molecule has 0 radical (unpaired) electrons. The lowest BCUT2D eigenvalue weighted by Gasteiger charge is -2.27. The minimum Gasteiger partial charge on any atom is -0.337 e. The van der Waals surface area contributed by atoms with Crippen LogP contribution in [0.3, 0.4) is 0 Å². The number of aromatic nitrogens is 5. The predicted octanol–water partition coefficient (Wildman–Crippen LogP) is 5.79. The Kier molecular flexibility index (Phi) is 6.70. The van der Waals surface area contributed by atoms with E-state index in [-0.39, 0.29) is 46.0 Å². The molecule has 2 aliphatic rings. The molecule has 1 aliphatic heterocycles. The van der Waals surface area contributed by atoms with Gasteiger partial charge in [-0.25, -0.2) is 18.9 Å². The molecule has 2 fully saturated rings. The van der Waals surface area contributed by atoms with Gasteiger partial charge in [-0.15, -0.1) is 0 Å². The third kappa shape index (κ3) is 4.91. The Labute approximate surface area is 266 Å². The summed E-state index contributed by atoms with van der Waals surface area (Å²) in [5.74, 6) is -0.941. The average Bonchev–Trinajstić information content (AvgIpc) is 3.25. The van der Waals surface area contributed by atoms with Gasteiger partial charge in [0.1, 0.15) is 23.0 Å². The molecule has 10 nitrogen and oxygen atoms in total. The van der Waals surface area contributed by atoms with Crippen LogP contribution in [0.2, 0.25) is 0 Å². The molecule has 5 heterocycles. The third-order valence-corrected chi connectivity index (χ3v) is 9.76. The Morgan fingerprint density at radius 1 is 1.07 bits per heavy atom. The molecular weight excluding hydrogens is 641 g/mol. The largest absolute Gasteiger partial charge is 0.337 e. The second-order valence-corrected chi connectivity index (χ2v) is 13.4. The van der Waals surface area contributed by atoms with E-state index in [9.17, 15) is 18.8 Å². The summed E-state index contributed by atoms with van der Waals surface area (Å²) >= 11 is 3.08. The standard InChI is InChI=1S/C33H31BrFN7O3/c1-16-6-20(21-12-36-27-8-18(3)39-41(27)13-21)9-22-23(19(4)43)14-40(29(16)22)15-28(44)42-25(10-33(5)11-26(33)42)32(45)38-31-17(2)7-24(35)30(34)37-31/h6-9,12-14,25-26H,10-11,15H2,1-5H3,(H,37,38,45)/t25-,26+,33-/m0/s1. The van der Waals surface area contributed by atoms with Crippen LogP contribution in [0.15, 0.2) is 47.5 Å². The second kappa shape index (κ2) is 10.3. The number of hydrogen-bond donors (Lipinski definition) is 1. The fourth-order valence-electron chi connectivity index (χ4n) is 6.84. The van der Waals surface area contributed by atoms with Crippen LogP contribution in [0.4, 0.5) is 10.2 Å². The van der Waals surface area contributed by atoms with E-state index in [4.69, 9.17) is 0 Å². The number of aryl methyl sites for hydroxylation is 3. The number of carbonyl (C=O) groups is 3. The van der Waals surface area contributed by atoms with Crippen molar-refractivity contribution in [3.63, 3.8) is 0 Å². The monoisotopic (exact) mass is 671 g/mol. The molecule has 1 aromatic carbocycles. The zero-order chi connectivity index (χ0) is 31.9. The number of likely N-dealkylation sites (tertiary alicyclic amines) is 1. The maximum Gasteiger partial charge on any atom is 0.248 e. The van der Waals surface area contributed by atoms with Crippen molar-refractivity contribution in [2.24, 2.45) is 5.41 Å². The minimum atomic E-state index is -0.693. The summed E-state index contributed by atoms with van der Waals surface area (Å²) in [4.78, 5) is 50.7. The van der Waals surface area contributed by atoms with Crippen molar-refractivity contribution < 1.29 is 18.8 Å². The highest BCUT2D eigenvalue weighted by Crippen LogP contribution is 2.59. The molecule has 1 saturated carbocycles. The third-order valence-electron chi connectivity index (χ3n) is 9.21. The first-order valence-electron chi connectivity index (χ1n) is 14.7. The number of benzene rings is 1. The summed E-state index contributed by atoms with van der Waals surface area (Å²) < 4.78 is 17.5. The number of ketones is 1. The van der Waals surface area contributed by atoms with Crippen molar-refractivity contribution in [1.29, 1.82) is 0 Å². The molecule has 1 N–H and O–H groups in total. The Morgan fingerprint density at radius 2 is 1.84 bits per heavy atom. The van der Waals surface area contributed by atoms with Gasteiger partial charge in [0.25, 0.3) is 0 Å². The normalized spacial score (nSPS) is 20.6. The number of pyridine rings is 1. The lowest BCUT2D eigenvalue weighted by Crippen LogP contribution is -2.46. The zero-order valence-electron chi connectivity index (χ0n) is 25.5. The number of carbonyl (C=O) groups excluding carboxylic acids is 3. The lowest BCUT2D eigenvalue weighted by molar-refractivity contribution is -0.138. The van der Waals surface area contributed by atoms with Crippen molar-refractivity contribution in [3.05, 3.63) is 75.7 Å². The molecule has 4 aromatic heterocycles. The van der Waals surface area contributed by atoms with Gasteiger partial charge in [0.15, 0.2) is 17.2 Å². The van der Waals surface area contributed by atoms with Crippen LogP contribution < -0.4 is 5.32 Å². The maximum absolute atomic E-state index is 14.0. The molecule has 1 saturated heterocycles. The Morgan fingerprint density at radius 3 is 2.60 bits per heavy atom. The maximum atomic E-state index is 14.0. The summed E-state index contributed by atoms with van der Waals surface area (Å²) in [7, 11) is 0. The number of halogens is 2. The van der Waals surface area contributed by atoms with Crippen LogP contribution >= 0.6 is 15.9 Å². The number of nitrogens with one attached hydrogen (secondary N) is 1. The predicted molar refractivity (Wildman–Crippen MR) is 170 cm³/mol. The molecule has 1 aliphatic carbocycles. The quantitative estimate of drug-likeness (QED) is 0.180. The van der Waals surface area contributed by atoms with Gasteiger partial charge >= 0.3 is 0 Å². The van der Waals surface area contributed by atoms with Crippen molar-refractivity contribution in [2.75, 3.05) is 5.32 Å². The highest BCUT2D eigenvalue weighted by molar-refractivity contribution is 9.10. The van der Waals surface area contributed by atoms with E-state index >= 15 is 0 Å².